The number of aryl methyl sites for hydroxylation is 3. The summed E-state index contributed by atoms with van der Waals surface area (Å²) in [6.07, 6.45) is 2.34. The standard InChI is InChI=1S/C14H18N2/c1-10-12-5-3-4-11-7-9-16(14(11)12)13(10)6-8-15-2/h3-5,15H,6-9H2,1-2H3. The minimum atomic E-state index is 1.06. The van der Waals surface area contributed by atoms with Crippen LogP contribution in [0.4, 0.5) is 0 Å². The summed E-state index contributed by atoms with van der Waals surface area (Å²) >= 11 is 0. The van der Waals surface area contributed by atoms with Gasteiger partial charge in [-0.15, -0.1) is 0 Å². The summed E-state index contributed by atoms with van der Waals surface area (Å²) in [5, 5.41) is 4.70. The molecular formula is C14H18N2. The molecule has 3 rings (SSSR count). The number of nitrogens with zero attached hydrogens (tertiary/aromatic N) is 1. The van der Waals surface area contributed by atoms with E-state index in [9.17, 15) is 0 Å². The molecule has 1 aliphatic heterocycles. The second-order valence-electron chi connectivity index (χ2n) is 4.64. The van der Waals surface area contributed by atoms with Crippen molar-refractivity contribution in [1.82, 2.24) is 9.88 Å². The van der Waals surface area contributed by atoms with Crippen LogP contribution in [0.1, 0.15) is 16.8 Å². The maximum absolute atomic E-state index is 3.24. The van der Waals surface area contributed by atoms with Gasteiger partial charge >= 0.3 is 0 Å². The highest BCUT2D eigenvalue weighted by atomic mass is 15.0. The highest BCUT2D eigenvalue weighted by Crippen LogP contribution is 2.33. The van der Waals surface area contributed by atoms with Crippen molar-refractivity contribution >= 4 is 10.9 Å². The van der Waals surface area contributed by atoms with Gasteiger partial charge in [0.1, 0.15) is 0 Å². The Morgan fingerprint density at radius 3 is 3.06 bits per heavy atom. The Morgan fingerprint density at radius 2 is 2.25 bits per heavy atom. The normalized spacial score (nSPS) is 13.9. The van der Waals surface area contributed by atoms with Crippen LogP contribution in [-0.4, -0.2) is 18.2 Å². The number of para-hydroxylation sites is 1. The highest BCUT2D eigenvalue weighted by molar-refractivity contribution is 5.89. The lowest BCUT2D eigenvalue weighted by atomic mass is 10.1. The third-order valence-electron chi connectivity index (χ3n) is 3.77. The maximum atomic E-state index is 3.24. The van der Waals surface area contributed by atoms with Gasteiger partial charge in [0.25, 0.3) is 0 Å². The van der Waals surface area contributed by atoms with E-state index in [1.807, 2.05) is 7.05 Å². The lowest BCUT2D eigenvalue weighted by Crippen LogP contribution is -2.13. The van der Waals surface area contributed by atoms with Gasteiger partial charge in [-0.05, 0) is 31.5 Å². The Hall–Kier alpha value is -1.28. The molecule has 1 aromatic carbocycles. The summed E-state index contributed by atoms with van der Waals surface area (Å²) < 4.78 is 2.53. The number of benzene rings is 1. The van der Waals surface area contributed by atoms with Crippen LogP contribution in [0.25, 0.3) is 10.9 Å². The van der Waals surface area contributed by atoms with E-state index in [0.717, 1.165) is 13.0 Å². The Morgan fingerprint density at radius 1 is 1.38 bits per heavy atom. The second-order valence-corrected chi connectivity index (χ2v) is 4.64. The van der Waals surface area contributed by atoms with Crippen molar-refractivity contribution in [2.45, 2.75) is 26.3 Å². The predicted octanol–water partition coefficient (Wildman–Crippen LogP) is 2.27. The first-order chi connectivity index (χ1) is 7.83. The second kappa shape index (κ2) is 3.63. The summed E-state index contributed by atoms with van der Waals surface area (Å²) in [6.45, 7) is 4.49. The van der Waals surface area contributed by atoms with Crippen molar-refractivity contribution in [3.05, 3.63) is 35.0 Å². The van der Waals surface area contributed by atoms with Crippen molar-refractivity contribution in [3.63, 3.8) is 0 Å². The van der Waals surface area contributed by atoms with Crippen LogP contribution < -0.4 is 5.32 Å². The molecule has 2 aromatic rings. The molecular weight excluding hydrogens is 196 g/mol. The van der Waals surface area contributed by atoms with Crippen LogP contribution in [0.3, 0.4) is 0 Å². The van der Waals surface area contributed by atoms with Crippen LogP contribution in [-0.2, 0) is 19.4 Å². The Balaban J connectivity index is 2.21. The molecule has 0 bridgehead atoms. The van der Waals surface area contributed by atoms with E-state index in [1.54, 1.807) is 0 Å². The summed E-state index contributed by atoms with van der Waals surface area (Å²) in [5.41, 5.74) is 6.02. The average Bonchev–Trinajstić information content (AvgIpc) is 2.83. The first-order valence-electron chi connectivity index (χ1n) is 6.07. The third-order valence-corrected chi connectivity index (χ3v) is 3.77. The van der Waals surface area contributed by atoms with Gasteiger partial charge in [-0.1, -0.05) is 18.2 Å². The van der Waals surface area contributed by atoms with Crippen LogP contribution in [0.2, 0.25) is 0 Å². The fourth-order valence-electron chi connectivity index (χ4n) is 2.95. The molecule has 1 aliphatic rings. The summed E-state index contributed by atoms with van der Waals surface area (Å²) in [7, 11) is 2.02. The monoisotopic (exact) mass is 214 g/mol. The molecule has 0 saturated carbocycles. The van der Waals surface area contributed by atoms with E-state index in [2.05, 4.69) is 35.0 Å². The van der Waals surface area contributed by atoms with Gasteiger partial charge in [-0.2, -0.15) is 0 Å². The number of nitrogens with one attached hydrogen (secondary N) is 1. The van der Waals surface area contributed by atoms with Crippen LogP contribution >= 0.6 is 0 Å². The molecule has 0 atom stereocenters. The van der Waals surface area contributed by atoms with E-state index < -0.39 is 0 Å². The molecule has 84 valence electrons. The molecule has 2 nitrogen and oxygen atoms in total. The van der Waals surface area contributed by atoms with Crippen LogP contribution in [0, 0.1) is 6.92 Å². The summed E-state index contributed by atoms with van der Waals surface area (Å²) in [4.78, 5) is 0. The molecule has 16 heavy (non-hydrogen) atoms. The van der Waals surface area contributed by atoms with E-state index in [-0.39, 0.29) is 0 Å². The van der Waals surface area contributed by atoms with Gasteiger partial charge < -0.3 is 9.88 Å². The lowest BCUT2D eigenvalue weighted by molar-refractivity contribution is 0.688. The quantitative estimate of drug-likeness (QED) is 0.829. The zero-order valence-electron chi connectivity index (χ0n) is 10.0. The molecule has 2 heterocycles. The molecule has 0 unspecified atom stereocenters. The van der Waals surface area contributed by atoms with Gasteiger partial charge in [-0.25, -0.2) is 0 Å². The summed E-state index contributed by atoms with van der Waals surface area (Å²) in [5.74, 6) is 0. The third kappa shape index (κ3) is 1.23. The number of rotatable bonds is 3. The van der Waals surface area contributed by atoms with Crippen molar-refractivity contribution in [2.75, 3.05) is 13.6 Å². The van der Waals surface area contributed by atoms with Gasteiger partial charge in [0.05, 0.1) is 5.52 Å². The minimum absolute atomic E-state index is 1.06. The first kappa shape index (κ1) is 9.91. The highest BCUT2D eigenvalue weighted by Gasteiger charge is 2.20. The maximum Gasteiger partial charge on any atom is 0.0518 e. The van der Waals surface area contributed by atoms with E-state index in [1.165, 1.54) is 40.7 Å². The van der Waals surface area contributed by atoms with E-state index >= 15 is 0 Å². The molecule has 0 amide bonds. The first-order valence-corrected chi connectivity index (χ1v) is 6.07. The number of hydrogen-bond acceptors (Lipinski definition) is 1. The summed E-state index contributed by atoms with van der Waals surface area (Å²) in [6, 6.07) is 6.73. The van der Waals surface area contributed by atoms with Gasteiger partial charge in [0.2, 0.25) is 0 Å². The minimum Gasteiger partial charge on any atom is -0.344 e. The predicted molar refractivity (Wildman–Crippen MR) is 68.0 cm³/mol. The fourth-order valence-corrected chi connectivity index (χ4v) is 2.95. The molecule has 1 aromatic heterocycles. The molecule has 0 spiro atoms. The largest absolute Gasteiger partial charge is 0.344 e. The number of likely N-dealkylation sites (N-methyl/N-ethyl adjacent to an activating group) is 1. The van der Waals surface area contributed by atoms with E-state index in [0.29, 0.717) is 0 Å². The van der Waals surface area contributed by atoms with Crippen LogP contribution in [0.15, 0.2) is 18.2 Å². The number of aromatic nitrogens is 1. The lowest BCUT2D eigenvalue weighted by Gasteiger charge is -2.06. The zero-order valence-corrected chi connectivity index (χ0v) is 10.0. The van der Waals surface area contributed by atoms with Crippen LogP contribution in [0.5, 0.6) is 0 Å². The Kier molecular flexibility index (Phi) is 2.25. The molecule has 0 radical (unpaired) electrons. The van der Waals surface area contributed by atoms with Gasteiger partial charge in [0.15, 0.2) is 0 Å². The fraction of sp³-hybridized carbons (Fsp3) is 0.429. The topological polar surface area (TPSA) is 17.0 Å². The molecule has 0 saturated heterocycles. The Bertz CT molecular complexity index is 537. The molecule has 0 fully saturated rings. The SMILES string of the molecule is CNCCc1c(C)c2cccc3c2n1CC3. The molecule has 0 aliphatic carbocycles. The number of hydrogen-bond donors (Lipinski definition) is 1. The molecule has 1 N–H and O–H groups in total. The van der Waals surface area contributed by atoms with Crippen molar-refractivity contribution in [3.8, 4) is 0 Å². The van der Waals surface area contributed by atoms with E-state index in [4.69, 9.17) is 0 Å². The molecule has 2 heteroatoms. The van der Waals surface area contributed by atoms with Crippen molar-refractivity contribution in [2.24, 2.45) is 0 Å². The van der Waals surface area contributed by atoms with Crippen molar-refractivity contribution in [1.29, 1.82) is 0 Å². The smallest absolute Gasteiger partial charge is 0.0518 e. The van der Waals surface area contributed by atoms with Gasteiger partial charge in [0, 0.05) is 30.6 Å². The average molecular weight is 214 g/mol. The Labute approximate surface area is 96.3 Å². The zero-order chi connectivity index (χ0) is 11.1. The van der Waals surface area contributed by atoms with Crippen molar-refractivity contribution < 1.29 is 0 Å². The van der Waals surface area contributed by atoms with Gasteiger partial charge in [-0.3, -0.25) is 0 Å².